The molecule has 26 heteroatoms. The molecule has 0 radical (unpaired) electrons. The lowest BCUT2D eigenvalue weighted by atomic mass is 9.85. The summed E-state index contributed by atoms with van der Waals surface area (Å²) in [7, 11) is -23.1. The fraction of sp³-hybridized carbons (Fsp3) is 0.667. The Labute approximate surface area is 359 Å². The molecule has 0 aliphatic heterocycles. The van der Waals surface area contributed by atoms with E-state index in [0.717, 1.165) is 32.1 Å². The van der Waals surface area contributed by atoms with Gasteiger partial charge in [-0.25, -0.2) is 23.1 Å². The maximum Gasteiger partial charge on any atom is 0.472 e. The first-order chi connectivity index (χ1) is 29.0. The minimum Gasteiger partial charge on any atom is -0.456 e. The molecule has 4 unspecified atom stereocenters. The predicted molar refractivity (Wildman–Crippen MR) is 215 cm³/mol. The molecule has 22 nitrogen and oxygen atoms in total. The van der Waals surface area contributed by atoms with Gasteiger partial charge in [0.05, 0.1) is 6.61 Å². The van der Waals surface area contributed by atoms with Crippen molar-refractivity contribution in [3.63, 3.8) is 0 Å². The van der Waals surface area contributed by atoms with E-state index in [9.17, 15) is 72.3 Å². The van der Waals surface area contributed by atoms with Crippen LogP contribution < -0.4 is 0 Å². The molecule has 0 saturated heterocycles. The lowest BCUT2D eigenvalue weighted by Crippen LogP contribution is -2.65. The number of esters is 2. The molecule has 1 aliphatic rings. The van der Waals surface area contributed by atoms with Crippen molar-refractivity contribution in [2.75, 3.05) is 13.2 Å². The molecular formula is C36H52O22P4. The van der Waals surface area contributed by atoms with Crippen LogP contribution in [-0.4, -0.2) is 112 Å². The fourth-order valence-corrected chi connectivity index (χ4v) is 8.26. The second kappa shape index (κ2) is 29.5. The highest BCUT2D eigenvalue weighted by Crippen LogP contribution is 2.53. The number of carbonyl (C=O) groups is 2. The monoisotopic (exact) mass is 960 g/mol. The summed E-state index contributed by atoms with van der Waals surface area (Å²) in [4.78, 5) is 91.6. The average Bonchev–Trinajstić information content (AvgIpc) is 3.16. The second-order valence-corrected chi connectivity index (χ2v) is 18.3. The van der Waals surface area contributed by atoms with Gasteiger partial charge in [-0.15, -0.1) is 6.42 Å². The molecule has 0 heterocycles. The molecular weight excluding hydrogens is 908 g/mol. The van der Waals surface area contributed by atoms with Crippen LogP contribution >= 0.6 is 31.3 Å². The van der Waals surface area contributed by atoms with Crippen LogP contribution in [0.4, 0.5) is 0 Å². The maximum atomic E-state index is 13.1. The Balaban J connectivity index is 3.09. The molecule has 0 aromatic heterocycles. The molecule has 0 spiro atoms. The van der Waals surface area contributed by atoms with E-state index in [0.29, 0.717) is 12.8 Å². The molecule has 1 rings (SSSR count). The van der Waals surface area contributed by atoms with Gasteiger partial charge in [0.25, 0.3) is 0 Å². The zero-order chi connectivity index (χ0) is 46.8. The van der Waals surface area contributed by atoms with Crippen LogP contribution in [0.5, 0.6) is 0 Å². The summed E-state index contributed by atoms with van der Waals surface area (Å²) >= 11 is 0. The number of rotatable bonds is 28. The summed E-state index contributed by atoms with van der Waals surface area (Å²) in [6, 6.07) is 0. The highest BCUT2D eigenvalue weighted by molar-refractivity contribution is 7.47. The number of aliphatic hydroxyl groups excluding tert-OH is 2. The minimum atomic E-state index is -5.81. The number of hydrogen-bond acceptors (Lipinski definition) is 15. The number of phosphoric ester groups is 4. The van der Waals surface area contributed by atoms with E-state index in [-0.39, 0.29) is 6.42 Å². The van der Waals surface area contributed by atoms with Crippen LogP contribution in [0.3, 0.4) is 0 Å². The quantitative estimate of drug-likeness (QED) is 0.0178. The van der Waals surface area contributed by atoms with Gasteiger partial charge in [0.15, 0.2) is 6.10 Å². The van der Waals surface area contributed by atoms with Crippen LogP contribution in [-0.2, 0) is 59.9 Å². The number of carbonyl (C=O) groups excluding carboxylic acids is 2. The van der Waals surface area contributed by atoms with Crippen molar-refractivity contribution in [1.29, 1.82) is 0 Å². The van der Waals surface area contributed by atoms with Crippen molar-refractivity contribution in [2.45, 2.75) is 140 Å². The first kappa shape index (κ1) is 57.1. The third-order valence-corrected chi connectivity index (χ3v) is 10.8. The smallest absolute Gasteiger partial charge is 0.456 e. The molecule has 0 aromatic rings. The molecule has 1 aliphatic carbocycles. The number of unbranched alkanes of at least 4 members (excludes halogenated alkanes) is 12. The SMILES string of the molecule is C#CC#CC#CC#CC#CC(=O)OC[C@H](COP(=O)(O)OC1C(O)[C@@H](OP(=O)(O)O)C(OP(=O)(O)O)[C@@H](OP(=O)(O)O)[C@H]1O)OC(=O)CCCCCCCCCCCCCCC. The standard InChI is InChI=1S/C36H52O22P4/c1-3-5-7-9-11-13-14-15-16-17-19-21-23-25-30(38)54-28(26-52-29(37)24-22-20-18-12-10-8-6-4-2)27-53-62(50,51)58-33-31(39)34(55-59(41,42)43)36(57-61(47,48)49)35(32(33)40)56-60(44,45)46/h2,28,31-36,39-40H,3,5,7,9,11,13-17,19,21,23,25-27H2,1H3,(H,50,51)(H2,41,42,43)(H2,44,45,46)(H2,47,48,49)/t28-,31+,32?,33?,34+,35-,36?/m1/s1. The molecule has 8 atom stereocenters. The van der Waals surface area contributed by atoms with Crippen molar-refractivity contribution in [2.24, 2.45) is 0 Å². The maximum absolute atomic E-state index is 13.1. The Hall–Kier alpha value is -2.90. The largest absolute Gasteiger partial charge is 0.472 e. The second-order valence-electron chi connectivity index (χ2n) is 13.3. The molecule has 9 N–H and O–H groups in total. The van der Waals surface area contributed by atoms with Gasteiger partial charge >= 0.3 is 43.2 Å². The normalized spacial score (nSPS) is 21.4. The Kier molecular flexibility index (Phi) is 27.2. The Bertz CT molecular complexity index is 1880. The first-order valence-electron chi connectivity index (χ1n) is 19.0. The number of ether oxygens (including phenoxy) is 2. The Morgan fingerprint density at radius 1 is 0.565 bits per heavy atom. The summed E-state index contributed by atoms with van der Waals surface area (Å²) in [6.07, 6.45) is 0.0140. The summed E-state index contributed by atoms with van der Waals surface area (Å²) in [6.45, 7) is 0.200. The van der Waals surface area contributed by atoms with Gasteiger partial charge in [-0.1, -0.05) is 84.0 Å². The van der Waals surface area contributed by atoms with Crippen LogP contribution in [0.1, 0.15) is 96.8 Å². The lowest BCUT2D eigenvalue weighted by molar-refractivity contribution is -0.209. The van der Waals surface area contributed by atoms with Crippen LogP contribution in [0.25, 0.3) is 0 Å². The molecule has 0 aromatic carbocycles. The van der Waals surface area contributed by atoms with Crippen molar-refractivity contribution in [3.8, 4) is 59.7 Å². The van der Waals surface area contributed by atoms with Gasteiger partial charge in [-0.2, -0.15) is 0 Å². The number of aliphatic hydroxyl groups is 2. The zero-order valence-corrected chi connectivity index (χ0v) is 37.1. The van der Waals surface area contributed by atoms with Gasteiger partial charge < -0.3 is 53.9 Å². The lowest BCUT2D eigenvalue weighted by Gasteiger charge is -2.45. The number of hydrogen-bond donors (Lipinski definition) is 9. The van der Waals surface area contributed by atoms with E-state index in [1.807, 2.05) is 11.8 Å². The summed E-state index contributed by atoms with van der Waals surface area (Å²) in [5.41, 5.74) is 0. The Morgan fingerprint density at radius 3 is 1.44 bits per heavy atom. The molecule has 348 valence electrons. The van der Waals surface area contributed by atoms with Gasteiger partial charge in [-0.3, -0.25) is 27.4 Å². The third kappa shape index (κ3) is 27.3. The van der Waals surface area contributed by atoms with E-state index in [4.69, 9.17) is 24.9 Å². The van der Waals surface area contributed by atoms with Crippen LogP contribution in [0, 0.1) is 59.7 Å². The molecule has 1 fully saturated rings. The Morgan fingerprint density at radius 2 is 0.984 bits per heavy atom. The highest BCUT2D eigenvalue weighted by Gasteiger charge is 2.59. The van der Waals surface area contributed by atoms with Gasteiger partial charge in [0, 0.05) is 12.3 Å². The van der Waals surface area contributed by atoms with Crippen molar-refractivity contribution in [3.05, 3.63) is 0 Å². The van der Waals surface area contributed by atoms with Crippen molar-refractivity contribution < 1.29 is 104 Å². The van der Waals surface area contributed by atoms with E-state index < -0.39 is 99.2 Å². The van der Waals surface area contributed by atoms with Gasteiger partial charge in [-0.05, 0) is 53.8 Å². The summed E-state index contributed by atoms with van der Waals surface area (Å²) in [5, 5.41) is 21.7. The van der Waals surface area contributed by atoms with E-state index in [1.165, 1.54) is 38.5 Å². The van der Waals surface area contributed by atoms with Crippen LogP contribution in [0.2, 0.25) is 0 Å². The number of phosphoric acid groups is 4. The van der Waals surface area contributed by atoms with E-state index in [2.05, 4.69) is 61.9 Å². The number of terminal acetylenes is 1. The zero-order valence-electron chi connectivity index (χ0n) is 33.6. The van der Waals surface area contributed by atoms with E-state index in [1.54, 1.807) is 0 Å². The highest BCUT2D eigenvalue weighted by atomic mass is 31.2. The fourth-order valence-electron chi connectivity index (χ4n) is 5.61. The molecule has 1 saturated carbocycles. The first-order valence-corrected chi connectivity index (χ1v) is 25.1. The van der Waals surface area contributed by atoms with E-state index >= 15 is 0 Å². The topological polar surface area (TPSA) is 349 Å². The molecule has 0 bridgehead atoms. The van der Waals surface area contributed by atoms with Gasteiger partial charge in [0.1, 0.15) is 43.2 Å². The molecule has 62 heavy (non-hydrogen) atoms. The minimum absolute atomic E-state index is 0.127. The van der Waals surface area contributed by atoms with Crippen molar-refractivity contribution in [1.82, 2.24) is 0 Å². The van der Waals surface area contributed by atoms with Crippen LogP contribution in [0.15, 0.2) is 0 Å². The average molecular weight is 961 g/mol. The predicted octanol–water partition coefficient (Wildman–Crippen LogP) is 2.24. The van der Waals surface area contributed by atoms with Gasteiger partial charge in [0.2, 0.25) is 0 Å². The summed E-state index contributed by atoms with van der Waals surface area (Å²) in [5.74, 6) is 17.7. The third-order valence-electron chi connectivity index (χ3n) is 8.24. The summed E-state index contributed by atoms with van der Waals surface area (Å²) < 4.78 is 80.8. The van der Waals surface area contributed by atoms with Crippen molar-refractivity contribution >= 4 is 43.2 Å². The molecule has 0 amide bonds.